The van der Waals surface area contributed by atoms with Gasteiger partial charge >= 0.3 is 12.1 Å². The predicted octanol–water partition coefficient (Wildman–Crippen LogP) is 2.68. The average Bonchev–Trinajstić information content (AvgIpc) is 2.89. The van der Waals surface area contributed by atoms with Crippen molar-refractivity contribution >= 4 is 17.9 Å². The van der Waals surface area contributed by atoms with Crippen molar-refractivity contribution in [3.8, 4) is 0 Å². The minimum Gasteiger partial charge on any atom is -0.476 e. The van der Waals surface area contributed by atoms with Gasteiger partial charge in [-0.3, -0.25) is 5.32 Å². The van der Waals surface area contributed by atoms with E-state index in [4.69, 9.17) is 14.3 Å². The lowest BCUT2D eigenvalue weighted by atomic mass is 10.2. The van der Waals surface area contributed by atoms with E-state index >= 15 is 0 Å². The summed E-state index contributed by atoms with van der Waals surface area (Å²) < 4.78 is 10.1. The number of rotatable bonds is 5. The zero-order valence-electron chi connectivity index (χ0n) is 11.3. The van der Waals surface area contributed by atoms with Crippen LogP contribution in [0.2, 0.25) is 0 Å². The molecule has 0 unspecified atom stereocenters. The number of carbonyl (C=O) groups excluding carboxylic acids is 1. The molecule has 21 heavy (non-hydrogen) atoms. The number of carbonyl (C=O) groups is 2. The minimum atomic E-state index is -1.28. The third kappa shape index (κ3) is 3.82. The van der Waals surface area contributed by atoms with Gasteiger partial charge in [-0.05, 0) is 5.56 Å². The molecule has 1 aromatic carbocycles. The summed E-state index contributed by atoms with van der Waals surface area (Å²) in [6.07, 6.45) is -0.388. The van der Waals surface area contributed by atoms with Crippen molar-refractivity contribution in [3.05, 3.63) is 47.5 Å². The van der Waals surface area contributed by atoms with Crippen LogP contribution in [0.15, 0.2) is 34.7 Å². The molecule has 0 saturated heterocycles. The highest BCUT2D eigenvalue weighted by atomic mass is 16.6. The molecular weight excluding hydrogens is 276 g/mol. The first-order valence-electron chi connectivity index (χ1n) is 6.31. The fraction of sp³-hybridized carbons (Fsp3) is 0.214. The number of nitrogens with one attached hydrogen (secondary N) is 1. The Morgan fingerprint density at radius 2 is 2.05 bits per heavy atom. The zero-order valence-corrected chi connectivity index (χ0v) is 11.3. The molecule has 0 fully saturated rings. The Morgan fingerprint density at radius 1 is 1.33 bits per heavy atom. The monoisotopic (exact) mass is 290 g/mol. The Morgan fingerprint density at radius 3 is 2.67 bits per heavy atom. The van der Waals surface area contributed by atoms with Gasteiger partial charge in [0.15, 0.2) is 5.89 Å². The van der Waals surface area contributed by atoms with Crippen LogP contribution in [0.25, 0.3) is 0 Å². The molecule has 2 aromatic rings. The number of carboxylic acid groups (broad SMARTS) is 1. The number of hydrogen-bond donors (Lipinski definition) is 2. The van der Waals surface area contributed by atoms with E-state index in [1.165, 1.54) is 0 Å². The molecule has 0 spiro atoms. The van der Waals surface area contributed by atoms with Crippen LogP contribution in [0.5, 0.6) is 0 Å². The number of amides is 1. The number of ether oxygens (including phenoxy) is 1. The molecule has 0 saturated carbocycles. The number of benzene rings is 1. The zero-order chi connectivity index (χ0) is 15.2. The molecule has 2 rings (SSSR count). The number of aromatic nitrogens is 1. The minimum absolute atomic E-state index is 0.0733. The lowest BCUT2D eigenvalue weighted by Crippen LogP contribution is -2.15. The molecule has 0 bridgehead atoms. The highest BCUT2D eigenvalue weighted by Crippen LogP contribution is 2.18. The first-order valence-corrected chi connectivity index (χ1v) is 6.31. The average molecular weight is 290 g/mol. The number of hydrogen-bond acceptors (Lipinski definition) is 5. The van der Waals surface area contributed by atoms with Gasteiger partial charge in [-0.15, -0.1) is 0 Å². The number of oxazole rings is 1. The summed E-state index contributed by atoms with van der Waals surface area (Å²) in [5.41, 5.74) is 0.474. The second-order valence-corrected chi connectivity index (χ2v) is 4.13. The maximum absolute atomic E-state index is 11.6. The molecule has 0 atom stereocenters. The van der Waals surface area contributed by atoms with Gasteiger partial charge in [0, 0.05) is 6.42 Å². The van der Waals surface area contributed by atoms with Crippen LogP contribution in [0.4, 0.5) is 10.7 Å². The van der Waals surface area contributed by atoms with Gasteiger partial charge in [-0.2, -0.15) is 0 Å². The molecular formula is C14H14N2O5. The second-order valence-electron chi connectivity index (χ2n) is 4.13. The Bertz CT molecular complexity index is 636. The quantitative estimate of drug-likeness (QED) is 0.877. The van der Waals surface area contributed by atoms with Crippen molar-refractivity contribution in [2.24, 2.45) is 0 Å². The standard InChI is InChI=1S/C14H14N2O5/c1-2-10-15-11(13(17)18)12(21-10)16-14(19)20-8-9-6-4-3-5-7-9/h3-7H,2,8H2,1H3,(H,16,19)(H,17,18). The summed E-state index contributed by atoms with van der Waals surface area (Å²) >= 11 is 0. The summed E-state index contributed by atoms with van der Waals surface area (Å²) in [7, 11) is 0. The first kappa shape index (κ1) is 14.6. The van der Waals surface area contributed by atoms with Gasteiger partial charge in [-0.1, -0.05) is 37.3 Å². The topological polar surface area (TPSA) is 102 Å². The molecule has 110 valence electrons. The van der Waals surface area contributed by atoms with E-state index < -0.39 is 12.1 Å². The predicted molar refractivity (Wildman–Crippen MR) is 73.1 cm³/mol. The Hall–Kier alpha value is -2.83. The van der Waals surface area contributed by atoms with Gasteiger partial charge in [0.25, 0.3) is 0 Å². The van der Waals surface area contributed by atoms with Crippen LogP contribution >= 0.6 is 0 Å². The van der Waals surface area contributed by atoms with Gasteiger partial charge in [0.2, 0.25) is 11.6 Å². The summed E-state index contributed by atoms with van der Waals surface area (Å²) in [6.45, 7) is 1.83. The van der Waals surface area contributed by atoms with Gasteiger partial charge in [0.05, 0.1) is 0 Å². The lowest BCUT2D eigenvalue weighted by Gasteiger charge is -2.05. The van der Waals surface area contributed by atoms with E-state index in [-0.39, 0.29) is 24.1 Å². The maximum atomic E-state index is 11.6. The van der Waals surface area contributed by atoms with Gasteiger partial charge in [0.1, 0.15) is 6.61 Å². The van der Waals surface area contributed by atoms with E-state index in [2.05, 4.69) is 10.3 Å². The summed E-state index contributed by atoms with van der Waals surface area (Å²) in [4.78, 5) is 26.4. The number of anilines is 1. The molecule has 7 nitrogen and oxygen atoms in total. The molecule has 2 N–H and O–H groups in total. The highest BCUT2D eigenvalue weighted by Gasteiger charge is 2.21. The summed E-state index contributed by atoms with van der Waals surface area (Å²) in [5.74, 6) is -1.28. The van der Waals surface area contributed by atoms with Crippen LogP contribution in [0.1, 0.15) is 28.9 Å². The lowest BCUT2D eigenvalue weighted by molar-refractivity contribution is 0.0692. The fourth-order valence-electron chi connectivity index (χ4n) is 1.60. The Kier molecular flexibility index (Phi) is 4.55. The normalized spacial score (nSPS) is 10.1. The third-order valence-electron chi connectivity index (χ3n) is 2.60. The van der Waals surface area contributed by atoms with Crippen molar-refractivity contribution in [1.29, 1.82) is 0 Å². The van der Waals surface area contributed by atoms with Gasteiger partial charge < -0.3 is 14.3 Å². The molecule has 0 aliphatic rings. The van der Waals surface area contributed by atoms with Crippen LogP contribution in [0, 0.1) is 0 Å². The van der Waals surface area contributed by atoms with Crippen LogP contribution in [-0.4, -0.2) is 22.2 Å². The second kappa shape index (κ2) is 6.56. The van der Waals surface area contributed by atoms with Crippen molar-refractivity contribution in [2.75, 3.05) is 5.32 Å². The van der Waals surface area contributed by atoms with Crippen molar-refractivity contribution in [2.45, 2.75) is 20.0 Å². The van der Waals surface area contributed by atoms with E-state index in [9.17, 15) is 9.59 Å². The highest BCUT2D eigenvalue weighted by molar-refractivity contribution is 5.95. The van der Waals surface area contributed by atoms with Crippen molar-refractivity contribution in [1.82, 2.24) is 4.98 Å². The first-order chi connectivity index (χ1) is 10.1. The Balaban J connectivity index is 1.99. The van der Waals surface area contributed by atoms with Crippen LogP contribution in [-0.2, 0) is 17.8 Å². The molecule has 1 heterocycles. The SMILES string of the molecule is CCc1nc(C(=O)O)c(NC(=O)OCc2ccccc2)o1. The summed E-state index contributed by atoms with van der Waals surface area (Å²) in [5, 5.41) is 11.2. The van der Waals surface area contributed by atoms with E-state index in [0.29, 0.717) is 6.42 Å². The molecule has 7 heteroatoms. The molecule has 0 radical (unpaired) electrons. The van der Waals surface area contributed by atoms with Gasteiger partial charge in [-0.25, -0.2) is 14.6 Å². The summed E-state index contributed by atoms with van der Waals surface area (Å²) in [6, 6.07) is 9.11. The van der Waals surface area contributed by atoms with Crippen LogP contribution in [0.3, 0.4) is 0 Å². The molecule has 1 aromatic heterocycles. The molecule has 0 aliphatic heterocycles. The number of nitrogens with zero attached hydrogens (tertiary/aromatic N) is 1. The Labute approximate surface area is 120 Å². The maximum Gasteiger partial charge on any atom is 0.414 e. The third-order valence-corrected chi connectivity index (χ3v) is 2.60. The van der Waals surface area contributed by atoms with Crippen LogP contribution < -0.4 is 5.32 Å². The van der Waals surface area contributed by atoms with Crippen molar-refractivity contribution in [3.63, 3.8) is 0 Å². The van der Waals surface area contributed by atoms with E-state index in [1.54, 1.807) is 19.1 Å². The number of carboxylic acids is 1. The smallest absolute Gasteiger partial charge is 0.414 e. The fourth-order valence-corrected chi connectivity index (χ4v) is 1.60. The number of aryl methyl sites for hydroxylation is 1. The molecule has 0 aliphatic carbocycles. The largest absolute Gasteiger partial charge is 0.476 e. The van der Waals surface area contributed by atoms with Crippen molar-refractivity contribution < 1.29 is 23.8 Å². The molecule has 1 amide bonds. The van der Waals surface area contributed by atoms with E-state index in [0.717, 1.165) is 5.56 Å². The van der Waals surface area contributed by atoms with E-state index in [1.807, 2.05) is 18.2 Å². The number of aromatic carboxylic acids is 1.